The minimum Gasteiger partial charge on any atom is -0.481 e. The number of nitrogens with zero attached hydrogens (tertiary/aromatic N) is 2. The number of rotatable bonds is 8. The number of hydrogen-bond donors (Lipinski definition) is 4. The number of nitrogens with one attached hydrogen (secondary N) is 1. The zero-order chi connectivity index (χ0) is 35.2. The number of carbonyl (C=O) groups is 4. The van der Waals surface area contributed by atoms with Gasteiger partial charge in [-0.1, -0.05) is 57.2 Å². The molecule has 11 nitrogen and oxygen atoms in total. The van der Waals surface area contributed by atoms with Gasteiger partial charge in [-0.2, -0.15) is 8.78 Å². The number of halogens is 2. The highest BCUT2D eigenvalue weighted by molar-refractivity contribution is 7.52. The molecule has 2 saturated heterocycles. The molecule has 2 aliphatic rings. The second-order valence-electron chi connectivity index (χ2n) is 13.5. The van der Waals surface area contributed by atoms with Crippen LogP contribution in [0.25, 0.3) is 10.1 Å². The van der Waals surface area contributed by atoms with Gasteiger partial charge in [0.1, 0.15) is 12.1 Å². The molecule has 0 aliphatic carbocycles. The van der Waals surface area contributed by atoms with E-state index in [4.69, 9.17) is 9.79 Å². The van der Waals surface area contributed by atoms with E-state index in [0.717, 1.165) is 29.0 Å². The fourth-order valence-electron chi connectivity index (χ4n) is 6.45. The second kappa shape index (κ2) is 13.3. The Hall–Kier alpha value is -3.71. The minimum atomic E-state index is -5.79. The van der Waals surface area contributed by atoms with E-state index < -0.39 is 60.0 Å². The van der Waals surface area contributed by atoms with Crippen LogP contribution >= 0.6 is 18.9 Å². The average Bonchev–Trinajstić information content (AvgIpc) is 3.69. The first-order valence-electron chi connectivity index (χ1n) is 15.5. The predicted octanol–water partition coefficient (Wildman–Crippen LogP) is 4.98. The number of likely N-dealkylation sites (tertiary alicyclic amines) is 2. The molecule has 2 aliphatic heterocycles. The van der Waals surface area contributed by atoms with E-state index in [0.29, 0.717) is 30.5 Å². The van der Waals surface area contributed by atoms with Crippen LogP contribution in [0, 0.1) is 11.3 Å². The molecular formula is C33H38F2N3O8PS. The smallest absolute Gasteiger partial charge is 0.399 e. The summed E-state index contributed by atoms with van der Waals surface area (Å²) < 4.78 is 40.4. The molecule has 3 aromatic rings. The van der Waals surface area contributed by atoms with Gasteiger partial charge in [-0.25, -0.2) is 0 Å². The van der Waals surface area contributed by atoms with E-state index in [1.54, 1.807) is 25.7 Å². The van der Waals surface area contributed by atoms with Gasteiger partial charge in [-0.15, -0.1) is 11.3 Å². The van der Waals surface area contributed by atoms with E-state index in [1.807, 2.05) is 30.3 Å². The van der Waals surface area contributed by atoms with E-state index >= 15 is 0 Å². The molecule has 0 spiro atoms. The number of carboxylic acid groups (broad SMARTS) is 1. The lowest BCUT2D eigenvalue weighted by atomic mass is 9.84. The quantitative estimate of drug-likeness (QED) is 0.239. The monoisotopic (exact) mass is 705 g/mol. The lowest BCUT2D eigenvalue weighted by Crippen LogP contribution is -2.59. The van der Waals surface area contributed by atoms with E-state index in [1.165, 1.54) is 17.0 Å². The summed E-state index contributed by atoms with van der Waals surface area (Å²) in [7, 11) is -5.79. The number of fused-ring (bicyclic) bond motifs is 1. The predicted molar refractivity (Wildman–Crippen MR) is 175 cm³/mol. The SMILES string of the molecule is CC(C)(C)[C@H](NC(=O)c1cc2cc(C(F)(F)P(=O)(O)O)ccc2s1)C(=O)N1CCC[C@H]1C(=O)N1CC(C(=O)O)CC(c2ccccc2)C1. The van der Waals surface area contributed by atoms with Crippen LogP contribution in [0.5, 0.6) is 0 Å². The summed E-state index contributed by atoms with van der Waals surface area (Å²) in [5.41, 5.74) is -5.18. The van der Waals surface area contributed by atoms with Crippen LogP contribution in [0.2, 0.25) is 0 Å². The maximum Gasteiger partial charge on any atom is 0.399 e. The first kappa shape index (κ1) is 35.6. The number of carboxylic acids is 1. The first-order chi connectivity index (χ1) is 22.4. The van der Waals surface area contributed by atoms with Crippen molar-refractivity contribution in [3.05, 3.63) is 70.6 Å². The molecule has 48 heavy (non-hydrogen) atoms. The summed E-state index contributed by atoms with van der Waals surface area (Å²) in [6, 6.07) is 11.9. The molecule has 5 rings (SSSR count). The first-order valence-corrected chi connectivity index (χ1v) is 18.0. The Balaban J connectivity index is 1.35. The Morgan fingerprint density at radius 3 is 2.33 bits per heavy atom. The van der Waals surface area contributed by atoms with E-state index in [-0.39, 0.29) is 35.2 Å². The van der Waals surface area contributed by atoms with Crippen molar-refractivity contribution < 1.29 is 47.4 Å². The molecule has 15 heteroatoms. The van der Waals surface area contributed by atoms with Crippen LogP contribution in [0.1, 0.15) is 66.8 Å². The van der Waals surface area contributed by atoms with Gasteiger partial charge < -0.3 is 30.0 Å². The van der Waals surface area contributed by atoms with Crippen molar-refractivity contribution in [2.45, 2.75) is 63.7 Å². The van der Waals surface area contributed by atoms with Crippen LogP contribution in [-0.2, 0) is 24.6 Å². The fourth-order valence-corrected chi connectivity index (χ4v) is 7.87. The number of carbonyl (C=O) groups excluding carboxylic acids is 3. The van der Waals surface area contributed by atoms with Gasteiger partial charge in [0, 0.05) is 35.8 Å². The van der Waals surface area contributed by atoms with E-state index in [2.05, 4.69) is 5.32 Å². The Bertz CT molecular complexity index is 1770. The van der Waals surface area contributed by atoms with Gasteiger partial charge in [0.15, 0.2) is 0 Å². The third kappa shape index (κ3) is 7.17. The molecule has 2 unspecified atom stereocenters. The van der Waals surface area contributed by atoms with Crippen molar-refractivity contribution in [3.8, 4) is 0 Å². The molecule has 2 fully saturated rings. The standard InChI is InChI=1S/C33H38F2N3O8PS/c1-32(2,3)27(36-28(39)26-16-20-15-23(11-12-25(20)48-26)33(34,35)47(44,45)46)30(41)38-13-7-10-24(38)29(40)37-17-21(14-22(18-37)31(42)43)19-8-5-4-6-9-19/h4-6,8-9,11-12,15-16,21-22,24,27H,7,10,13-14,17-18H2,1-3H3,(H,36,39)(H,42,43)(H2,44,45,46)/t21?,22?,24-,27+/m0/s1. The lowest BCUT2D eigenvalue weighted by molar-refractivity contribution is -0.151. The zero-order valence-corrected chi connectivity index (χ0v) is 28.3. The molecule has 3 heterocycles. The van der Waals surface area contributed by atoms with Gasteiger partial charge in [-0.3, -0.25) is 23.7 Å². The van der Waals surface area contributed by atoms with Gasteiger partial charge in [0.25, 0.3) is 5.91 Å². The van der Waals surface area contributed by atoms with Gasteiger partial charge in [0.2, 0.25) is 11.8 Å². The highest BCUT2D eigenvalue weighted by Crippen LogP contribution is 2.59. The number of hydrogen-bond acceptors (Lipinski definition) is 6. The van der Waals surface area contributed by atoms with E-state index in [9.17, 15) is 37.6 Å². The largest absolute Gasteiger partial charge is 0.481 e. The molecular weight excluding hydrogens is 667 g/mol. The van der Waals surface area contributed by atoms with Crippen molar-refractivity contribution >= 4 is 52.7 Å². The molecule has 3 amide bonds. The van der Waals surface area contributed by atoms with Crippen molar-refractivity contribution in [3.63, 3.8) is 0 Å². The van der Waals surface area contributed by atoms with Crippen molar-refractivity contribution in [1.29, 1.82) is 0 Å². The third-order valence-corrected chi connectivity index (χ3v) is 11.1. The van der Waals surface area contributed by atoms with Gasteiger partial charge in [-0.05, 0) is 53.8 Å². The topological polar surface area (TPSA) is 165 Å². The summed E-state index contributed by atoms with van der Waals surface area (Å²) in [6.07, 6.45) is 1.32. The maximum atomic E-state index is 14.3. The number of thiophene rings is 1. The molecule has 0 bridgehead atoms. The van der Waals surface area contributed by atoms with Crippen LogP contribution in [0.3, 0.4) is 0 Å². The fraction of sp³-hybridized carbons (Fsp3) is 0.455. The molecule has 258 valence electrons. The summed E-state index contributed by atoms with van der Waals surface area (Å²) in [5, 5.41) is 12.8. The lowest BCUT2D eigenvalue weighted by Gasteiger charge is -2.40. The molecule has 0 radical (unpaired) electrons. The van der Waals surface area contributed by atoms with Crippen LogP contribution in [0.15, 0.2) is 54.6 Å². The van der Waals surface area contributed by atoms with Gasteiger partial charge >= 0.3 is 19.2 Å². The Morgan fingerprint density at radius 2 is 1.71 bits per heavy atom. The number of alkyl halides is 2. The molecule has 0 saturated carbocycles. The number of amides is 3. The third-order valence-electron chi connectivity index (χ3n) is 9.05. The van der Waals surface area contributed by atoms with Crippen LogP contribution in [0.4, 0.5) is 8.78 Å². The number of benzene rings is 2. The summed E-state index contributed by atoms with van der Waals surface area (Å²) >= 11 is 0.969. The van der Waals surface area contributed by atoms with Crippen LogP contribution < -0.4 is 5.32 Å². The summed E-state index contributed by atoms with van der Waals surface area (Å²) in [5.74, 6) is -3.39. The molecule has 4 atom stereocenters. The number of aliphatic carboxylic acids is 1. The van der Waals surface area contributed by atoms with Crippen molar-refractivity contribution in [2.24, 2.45) is 11.3 Å². The highest BCUT2D eigenvalue weighted by atomic mass is 32.1. The van der Waals surface area contributed by atoms with Crippen molar-refractivity contribution in [1.82, 2.24) is 15.1 Å². The summed E-state index contributed by atoms with van der Waals surface area (Å²) in [4.78, 5) is 75.0. The average molecular weight is 706 g/mol. The highest BCUT2D eigenvalue weighted by Gasteiger charge is 2.50. The Kier molecular flexibility index (Phi) is 9.86. The molecule has 4 N–H and O–H groups in total. The molecule has 2 aromatic carbocycles. The maximum absolute atomic E-state index is 14.3. The minimum absolute atomic E-state index is 0.0310. The van der Waals surface area contributed by atoms with Crippen LogP contribution in [-0.4, -0.2) is 80.1 Å². The normalized spacial score (nSPS) is 21.3. The second-order valence-corrected chi connectivity index (χ2v) is 16.3. The zero-order valence-electron chi connectivity index (χ0n) is 26.6. The Morgan fingerprint density at radius 1 is 1.02 bits per heavy atom. The molecule has 1 aromatic heterocycles. The summed E-state index contributed by atoms with van der Waals surface area (Å²) in [6.45, 7) is 5.90. The van der Waals surface area contributed by atoms with Gasteiger partial charge in [0.05, 0.1) is 10.8 Å². The Labute approximate surface area is 280 Å². The van der Waals surface area contributed by atoms with Crippen molar-refractivity contribution in [2.75, 3.05) is 19.6 Å². The number of piperidine rings is 1.